The normalized spacial score (nSPS) is 13.5. The van der Waals surface area contributed by atoms with Crippen LogP contribution < -0.4 is 5.32 Å². The fourth-order valence-electron chi connectivity index (χ4n) is 7.99. The van der Waals surface area contributed by atoms with Crippen molar-refractivity contribution in [3.63, 3.8) is 0 Å². The van der Waals surface area contributed by atoms with Gasteiger partial charge in [0.05, 0.1) is 25.2 Å². The highest BCUT2D eigenvalue weighted by Crippen LogP contribution is 2.18. The van der Waals surface area contributed by atoms with Crippen LogP contribution in [0.15, 0.2) is 36.5 Å². The molecule has 0 bridgehead atoms. The van der Waals surface area contributed by atoms with Crippen molar-refractivity contribution in [1.29, 1.82) is 0 Å². The van der Waals surface area contributed by atoms with Gasteiger partial charge in [0.1, 0.15) is 6.10 Å². The lowest BCUT2D eigenvalue weighted by molar-refractivity contribution is -0.151. The lowest BCUT2D eigenvalue weighted by Crippen LogP contribution is -2.46. The maximum Gasteiger partial charge on any atom is 0.306 e. The number of ether oxygens (including phenoxy) is 1. The summed E-state index contributed by atoms with van der Waals surface area (Å²) in [4.78, 5) is 26.1. The number of allylic oxidation sites excluding steroid dienone is 6. The van der Waals surface area contributed by atoms with E-state index in [1.54, 1.807) is 0 Å². The van der Waals surface area contributed by atoms with E-state index in [9.17, 15) is 19.8 Å². The van der Waals surface area contributed by atoms with Gasteiger partial charge in [0.15, 0.2) is 0 Å². The Morgan fingerprint density at radius 3 is 1.38 bits per heavy atom. The molecule has 1 amide bonds. The molecule has 0 aromatic rings. The smallest absolute Gasteiger partial charge is 0.306 e. The van der Waals surface area contributed by atoms with E-state index in [1.165, 1.54) is 141 Å². The second-order valence-electron chi connectivity index (χ2n) is 17.9. The van der Waals surface area contributed by atoms with Crippen molar-refractivity contribution in [2.24, 2.45) is 0 Å². The monoisotopic (exact) mass is 844 g/mol. The zero-order valence-corrected chi connectivity index (χ0v) is 40.1. The van der Waals surface area contributed by atoms with Crippen molar-refractivity contribution in [2.45, 2.75) is 289 Å². The molecule has 0 radical (unpaired) electrons. The van der Waals surface area contributed by atoms with Crippen LogP contribution in [0.1, 0.15) is 271 Å². The number of carbonyl (C=O) groups excluding carboxylic acids is 2. The van der Waals surface area contributed by atoms with Crippen LogP contribution in [0, 0.1) is 0 Å². The van der Waals surface area contributed by atoms with Gasteiger partial charge in [-0.15, -0.1) is 0 Å². The summed E-state index contributed by atoms with van der Waals surface area (Å²) < 4.78 is 5.93. The summed E-state index contributed by atoms with van der Waals surface area (Å²) in [6.45, 7) is 6.38. The van der Waals surface area contributed by atoms with Gasteiger partial charge in [0, 0.05) is 6.42 Å². The molecule has 0 spiro atoms. The molecule has 0 aromatic heterocycles. The Bertz CT molecular complexity index is 993. The molecule has 0 aliphatic carbocycles. The highest BCUT2D eigenvalue weighted by Gasteiger charge is 2.24. The second kappa shape index (κ2) is 48.1. The van der Waals surface area contributed by atoms with E-state index in [0.717, 1.165) is 83.5 Å². The first kappa shape index (κ1) is 58.1. The lowest BCUT2D eigenvalue weighted by atomic mass is 10.0. The van der Waals surface area contributed by atoms with Crippen LogP contribution in [0.25, 0.3) is 0 Å². The molecule has 3 N–H and O–H groups in total. The summed E-state index contributed by atoms with van der Waals surface area (Å²) in [5.74, 6) is -0.490. The van der Waals surface area contributed by atoms with E-state index >= 15 is 0 Å². The quantitative estimate of drug-likeness (QED) is 0.0322. The SMILES string of the molecule is CC/C=C/C/C=C/CCCCCCCCCC(=O)OC(CCCCC/C=C/CCCCCCCCCCC)CC(=O)NC(CO)C(O)CCCCCCCCCCCCC. The van der Waals surface area contributed by atoms with Gasteiger partial charge in [-0.1, -0.05) is 218 Å². The van der Waals surface area contributed by atoms with E-state index < -0.39 is 18.2 Å². The number of amides is 1. The van der Waals surface area contributed by atoms with E-state index in [-0.39, 0.29) is 24.9 Å². The first-order valence-electron chi connectivity index (χ1n) is 26.2. The minimum atomic E-state index is -0.790. The molecule has 0 saturated carbocycles. The molecule has 0 fully saturated rings. The number of nitrogens with one attached hydrogen (secondary N) is 1. The number of carbonyl (C=O) groups is 2. The third-order valence-corrected chi connectivity index (χ3v) is 12.0. The molecule has 6 nitrogen and oxygen atoms in total. The molecule has 0 saturated heterocycles. The van der Waals surface area contributed by atoms with Crippen molar-refractivity contribution in [3.05, 3.63) is 36.5 Å². The minimum absolute atomic E-state index is 0.0661. The van der Waals surface area contributed by atoms with Crippen molar-refractivity contribution >= 4 is 11.9 Å². The lowest BCUT2D eigenvalue weighted by Gasteiger charge is -2.24. The molecule has 352 valence electrons. The number of hydrogen-bond acceptors (Lipinski definition) is 5. The Morgan fingerprint density at radius 2 is 0.900 bits per heavy atom. The number of aliphatic hydroxyl groups is 2. The minimum Gasteiger partial charge on any atom is -0.462 e. The first-order valence-corrected chi connectivity index (χ1v) is 26.2. The maximum atomic E-state index is 13.2. The van der Waals surface area contributed by atoms with Crippen LogP contribution in [0.4, 0.5) is 0 Å². The fraction of sp³-hybridized carbons (Fsp3) is 0.852. The van der Waals surface area contributed by atoms with Crippen LogP contribution in [0.2, 0.25) is 0 Å². The van der Waals surface area contributed by atoms with Crippen LogP contribution in [-0.2, 0) is 14.3 Å². The van der Waals surface area contributed by atoms with Gasteiger partial charge in [-0.05, 0) is 77.0 Å². The number of hydrogen-bond donors (Lipinski definition) is 3. The molecule has 0 aromatic carbocycles. The number of esters is 1. The third kappa shape index (κ3) is 42.8. The highest BCUT2D eigenvalue weighted by atomic mass is 16.5. The average Bonchev–Trinajstić information content (AvgIpc) is 3.24. The van der Waals surface area contributed by atoms with Gasteiger partial charge < -0.3 is 20.3 Å². The molecular formula is C54H101NO5. The summed E-state index contributed by atoms with van der Waals surface area (Å²) >= 11 is 0. The van der Waals surface area contributed by atoms with Crippen molar-refractivity contribution in [3.8, 4) is 0 Å². The average molecular weight is 844 g/mol. The van der Waals surface area contributed by atoms with Gasteiger partial charge in [-0.2, -0.15) is 0 Å². The standard InChI is InChI=1S/C54H101NO5/c1-4-7-10-13-16-19-22-24-26-27-28-31-33-36-39-42-45-50(60-54(59)47-44-41-38-35-32-29-25-23-20-17-14-11-8-5-2)48-53(58)55-51(49-56)52(57)46-43-40-37-34-30-21-18-15-12-9-6-3/h8,11,17,20,28,31,50-52,56-57H,4-7,9-10,12-16,18-19,21-27,29-30,32-49H2,1-3H3,(H,55,58)/b11-8+,20-17+,31-28+. The van der Waals surface area contributed by atoms with E-state index in [4.69, 9.17) is 4.74 Å². The maximum absolute atomic E-state index is 13.2. The van der Waals surface area contributed by atoms with Crippen molar-refractivity contribution in [1.82, 2.24) is 5.32 Å². The number of unbranched alkanes of at least 4 members (excludes halogenated alkanes) is 29. The van der Waals surface area contributed by atoms with Crippen molar-refractivity contribution in [2.75, 3.05) is 6.61 Å². The number of rotatable bonds is 47. The van der Waals surface area contributed by atoms with Gasteiger partial charge in [-0.25, -0.2) is 0 Å². The molecule has 3 atom stereocenters. The van der Waals surface area contributed by atoms with Crippen LogP contribution in [0.5, 0.6) is 0 Å². The topological polar surface area (TPSA) is 95.9 Å². The summed E-state index contributed by atoms with van der Waals surface area (Å²) in [7, 11) is 0. The molecule has 0 rings (SSSR count). The van der Waals surface area contributed by atoms with Crippen LogP contribution in [-0.4, -0.2) is 46.9 Å². The largest absolute Gasteiger partial charge is 0.462 e. The fourth-order valence-corrected chi connectivity index (χ4v) is 7.99. The van der Waals surface area contributed by atoms with E-state index in [0.29, 0.717) is 19.3 Å². The molecule has 3 unspecified atom stereocenters. The predicted molar refractivity (Wildman–Crippen MR) is 259 cm³/mol. The van der Waals surface area contributed by atoms with Gasteiger partial charge in [-0.3, -0.25) is 9.59 Å². The Morgan fingerprint density at radius 1 is 0.500 bits per heavy atom. The first-order chi connectivity index (χ1) is 29.5. The number of aliphatic hydroxyl groups excluding tert-OH is 2. The zero-order chi connectivity index (χ0) is 43.8. The molecule has 60 heavy (non-hydrogen) atoms. The zero-order valence-electron chi connectivity index (χ0n) is 40.1. The van der Waals surface area contributed by atoms with Crippen molar-refractivity contribution < 1.29 is 24.5 Å². The Labute approximate surface area is 373 Å². The Balaban J connectivity index is 4.60. The summed E-state index contributed by atoms with van der Waals surface area (Å²) in [5.41, 5.74) is 0. The molecule has 0 aliphatic rings. The highest BCUT2D eigenvalue weighted by molar-refractivity contribution is 5.77. The Kier molecular flexibility index (Phi) is 46.6. The molecular weight excluding hydrogens is 743 g/mol. The molecule has 0 aliphatic heterocycles. The van der Waals surface area contributed by atoms with Gasteiger partial charge >= 0.3 is 5.97 Å². The summed E-state index contributed by atoms with van der Waals surface area (Å²) in [6.07, 6.45) is 56.3. The molecule has 6 heteroatoms. The second-order valence-corrected chi connectivity index (χ2v) is 17.9. The predicted octanol–water partition coefficient (Wildman–Crippen LogP) is 15.7. The van der Waals surface area contributed by atoms with Gasteiger partial charge in [0.25, 0.3) is 0 Å². The summed E-state index contributed by atoms with van der Waals surface area (Å²) in [6, 6.07) is -0.705. The third-order valence-electron chi connectivity index (χ3n) is 12.0. The van der Waals surface area contributed by atoms with E-state index in [1.807, 2.05) is 0 Å². The van der Waals surface area contributed by atoms with Crippen LogP contribution in [0.3, 0.4) is 0 Å². The van der Waals surface area contributed by atoms with Gasteiger partial charge in [0.2, 0.25) is 5.91 Å². The summed E-state index contributed by atoms with van der Waals surface area (Å²) in [5, 5.41) is 23.7. The van der Waals surface area contributed by atoms with Crippen LogP contribution >= 0.6 is 0 Å². The molecule has 0 heterocycles. The Hall–Kier alpha value is -1.92. The van der Waals surface area contributed by atoms with E-state index in [2.05, 4.69) is 62.5 Å².